The van der Waals surface area contributed by atoms with Gasteiger partial charge in [0.15, 0.2) is 6.29 Å². The third-order valence-electron chi connectivity index (χ3n) is 3.36. The van der Waals surface area contributed by atoms with E-state index in [2.05, 4.69) is 23.7 Å². The second kappa shape index (κ2) is 18.1. The van der Waals surface area contributed by atoms with Gasteiger partial charge in [0.25, 0.3) is 0 Å². The molecule has 0 aliphatic carbocycles. The van der Waals surface area contributed by atoms with E-state index in [1.54, 1.807) is 0 Å². The Morgan fingerprint density at radius 3 is 1.82 bits per heavy atom. The van der Waals surface area contributed by atoms with Crippen molar-refractivity contribution in [3.05, 3.63) is 0 Å². The molecule has 0 fully saturated rings. The van der Waals surface area contributed by atoms with Gasteiger partial charge in [0.2, 0.25) is 0 Å². The minimum atomic E-state index is 0.00406. The summed E-state index contributed by atoms with van der Waals surface area (Å²) < 4.78 is 11.1. The lowest BCUT2D eigenvalue weighted by Crippen LogP contribution is -2.17. The van der Waals surface area contributed by atoms with Crippen LogP contribution in [0.15, 0.2) is 0 Å². The van der Waals surface area contributed by atoms with Crippen molar-refractivity contribution in [2.24, 2.45) is 0 Å². The summed E-state index contributed by atoms with van der Waals surface area (Å²) in [5.74, 6) is 11.8. The quantitative estimate of drug-likeness (QED) is 0.261. The monoisotopic (exact) mass is 306 g/mol. The SMILES string of the molecule is CCC#CC#CCCCCCCCCCC(OCC)OCC. The largest absolute Gasteiger partial charge is 0.353 e. The van der Waals surface area contributed by atoms with E-state index in [1.165, 1.54) is 44.9 Å². The summed E-state index contributed by atoms with van der Waals surface area (Å²) in [6.07, 6.45) is 11.9. The van der Waals surface area contributed by atoms with Crippen molar-refractivity contribution in [3.8, 4) is 23.7 Å². The van der Waals surface area contributed by atoms with E-state index in [9.17, 15) is 0 Å². The second-order valence-electron chi connectivity index (χ2n) is 5.31. The standard InChI is InChI=1S/C20H34O2/c1-4-7-8-9-10-11-12-13-14-15-16-17-18-19-20(21-5-2)22-6-3/h20H,4-6,11-19H2,1-3H3. The highest BCUT2D eigenvalue weighted by atomic mass is 16.7. The van der Waals surface area contributed by atoms with E-state index in [4.69, 9.17) is 9.47 Å². The molecule has 2 nitrogen and oxygen atoms in total. The van der Waals surface area contributed by atoms with Crippen molar-refractivity contribution in [1.29, 1.82) is 0 Å². The second-order valence-corrected chi connectivity index (χ2v) is 5.31. The maximum atomic E-state index is 5.54. The van der Waals surface area contributed by atoms with E-state index in [-0.39, 0.29) is 6.29 Å². The molecule has 0 spiro atoms. The van der Waals surface area contributed by atoms with Gasteiger partial charge in [0.1, 0.15) is 0 Å². The first-order chi connectivity index (χ1) is 10.8. The molecular formula is C20H34O2. The molecule has 0 atom stereocenters. The first-order valence-electron chi connectivity index (χ1n) is 9.04. The number of unbranched alkanes of at least 4 members (excludes halogenated alkanes) is 7. The van der Waals surface area contributed by atoms with Gasteiger partial charge in [0.05, 0.1) is 0 Å². The molecule has 2 heteroatoms. The first kappa shape index (κ1) is 21.0. The summed E-state index contributed by atoms with van der Waals surface area (Å²) in [5, 5.41) is 0. The first-order valence-corrected chi connectivity index (χ1v) is 9.04. The molecule has 0 aromatic carbocycles. The van der Waals surface area contributed by atoms with Crippen molar-refractivity contribution in [3.63, 3.8) is 0 Å². The van der Waals surface area contributed by atoms with E-state index < -0.39 is 0 Å². The number of hydrogen-bond acceptors (Lipinski definition) is 2. The summed E-state index contributed by atoms with van der Waals surface area (Å²) in [5.41, 5.74) is 0. The normalized spacial score (nSPS) is 10.0. The van der Waals surface area contributed by atoms with Crippen molar-refractivity contribution in [2.45, 2.75) is 91.3 Å². The molecule has 0 saturated heterocycles. The Bertz CT molecular complexity index is 334. The molecule has 126 valence electrons. The Morgan fingerprint density at radius 2 is 1.23 bits per heavy atom. The highest BCUT2D eigenvalue weighted by Crippen LogP contribution is 2.12. The fourth-order valence-electron chi connectivity index (χ4n) is 2.23. The summed E-state index contributed by atoms with van der Waals surface area (Å²) in [6, 6.07) is 0. The molecule has 0 radical (unpaired) electrons. The fraction of sp³-hybridized carbons (Fsp3) is 0.800. The predicted octanol–water partition coefficient (Wildman–Crippen LogP) is 5.31. The Labute approximate surface area is 138 Å². The lowest BCUT2D eigenvalue weighted by molar-refractivity contribution is -0.140. The van der Waals surface area contributed by atoms with E-state index in [0.29, 0.717) is 0 Å². The average Bonchev–Trinajstić information content (AvgIpc) is 2.52. The molecule has 22 heavy (non-hydrogen) atoms. The van der Waals surface area contributed by atoms with Crippen LogP contribution in [-0.2, 0) is 9.47 Å². The van der Waals surface area contributed by atoms with Crippen LogP contribution in [0.3, 0.4) is 0 Å². The number of ether oxygens (including phenoxy) is 2. The molecule has 0 aromatic heterocycles. The Morgan fingerprint density at radius 1 is 0.682 bits per heavy atom. The zero-order chi connectivity index (χ0) is 16.3. The van der Waals surface area contributed by atoms with Gasteiger partial charge in [0, 0.05) is 26.1 Å². The van der Waals surface area contributed by atoms with Crippen LogP contribution in [0.4, 0.5) is 0 Å². The Hall–Kier alpha value is -0.960. The molecule has 0 N–H and O–H groups in total. The number of rotatable bonds is 13. The van der Waals surface area contributed by atoms with Crippen LogP contribution in [0.25, 0.3) is 0 Å². The molecule has 0 heterocycles. The summed E-state index contributed by atoms with van der Waals surface area (Å²) in [6.45, 7) is 7.55. The van der Waals surface area contributed by atoms with Crippen LogP contribution in [0.2, 0.25) is 0 Å². The van der Waals surface area contributed by atoms with Gasteiger partial charge in [-0.15, -0.1) is 0 Å². The van der Waals surface area contributed by atoms with Gasteiger partial charge in [-0.25, -0.2) is 0 Å². The lowest BCUT2D eigenvalue weighted by Gasteiger charge is -2.16. The van der Waals surface area contributed by atoms with Gasteiger partial charge >= 0.3 is 0 Å². The minimum Gasteiger partial charge on any atom is -0.353 e. The maximum absolute atomic E-state index is 5.54. The topological polar surface area (TPSA) is 18.5 Å². The van der Waals surface area contributed by atoms with Crippen LogP contribution >= 0.6 is 0 Å². The minimum absolute atomic E-state index is 0.00406. The highest BCUT2D eigenvalue weighted by Gasteiger charge is 2.06. The third kappa shape index (κ3) is 15.4. The highest BCUT2D eigenvalue weighted by molar-refractivity contribution is 5.25. The van der Waals surface area contributed by atoms with Crippen LogP contribution < -0.4 is 0 Å². The van der Waals surface area contributed by atoms with Crippen molar-refractivity contribution < 1.29 is 9.47 Å². The average molecular weight is 306 g/mol. The van der Waals surface area contributed by atoms with Gasteiger partial charge in [-0.2, -0.15) is 0 Å². The van der Waals surface area contributed by atoms with Crippen LogP contribution in [0, 0.1) is 23.7 Å². The van der Waals surface area contributed by atoms with E-state index in [0.717, 1.165) is 32.5 Å². The van der Waals surface area contributed by atoms with Gasteiger partial charge in [-0.3, -0.25) is 0 Å². The summed E-state index contributed by atoms with van der Waals surface area (Å²) in [7, 11) is 0. The Kier molecular flexibility index (Phi) is 17.3. The van der Waals surface area contributed by atoms with Gasteiger partial charge < -0.3 is 9.47 Å². The summed E-state index contributed by atoms with van der Waals surface area (Å²) in [4.78, 5) is 0. The summed E-state index contributed by atoms with van der Waals surface area (Å²) >= 11 is 0. The molecule has 0 bridgehead atoms. The molecule has 0 saturated carbocycles. The van der Waals surface area contributed by atoms with Crippen molar-refractivity contribution in [2.75, 3.05) is 13.2 Å². The maximum Gasteiger partial charge on any atom is 0.157 e. The third-order valence-corrected chi connectivity index (χ3v) is 3.36. The molecule has 0 aromatic rings. The Balaban J connectivity index is 3.33. The van der Waals surface area contributed by atoms with E-state index in [1.807, 2.05) is 20.8 Å². The molecular weight excluding hydrogens is 272 g/mol. The fourth-order valence-corrected chi connectivity index (χ4v) is 2.23. The zero-order valence-electron chi connectivity index (χ0n) is 14.9. The molecule has 0 aliphatic heterocycles. The smallest absolute Gasteiger partial charge is 0.157 e. The molecule has 0 rings (SSSR count). The molecule has 0 amide bonds. The van der Waals surface area contributed by atoms with Gasteiger partial charge in [-0.1, -0.05) is 50.9 Å². The number of hydrogen-bond donors (Lipinski definition) is 0. The molecule has 0 aliphatic rings. The van der Waals surface area contributed by atoms with Crippen molar-refractivity contribution in [1.82, 2.24) is 0 Å². The van der Waals surface area contributed by atoms with Crippen LogP contribution in [0.1, 0.15) is 85.0 Å². The van der Waals surface area contributed by atoms with Crippen LogP contribution in [-0.4, -0.2) is 19.5 Å². The van der Waals surface area contributed by atoms with Gasteiger partial charge in [-0.05, 0) is 45.0 Å². The zero-order valence-corrected chi connectivity index (χ0v) is 14.9. The predicted molar refractivity (Wildman–Crippen MR) is 94.4 cm³/mol. The van der Waals surface area contributed by atoms with Crippen molar-refractivity contribution >= 4 is 0 Å². The molecule has 0 unspecified atom stereocenters. The van der Waals surface area contributed by atoms with E-state index >= 15 is 0 Å². The lowest BCUT2D eigenvalue weighted by atomic mass is 10.1. The van der Waals surface area contributed by atoms with Crippen LogP contribution in [0.5, 0.6) is 0 Å².